The van der Waals surface area contributed by atoms with Crippen LogP contribution in [0.1, 0.15) is 122 Å². The molecule has 4 nitrogen and oxygen atoms in total. The Morgan fingerprint density at radius 2 is 0.963 bits per heavy atom. The van der Waals surface area contributed by atoms with Gasteiger partial charge in [0.15, 0.2) is 0 Å². The van der Waals surface area contributed by atoms with Crippen molar-refractivity contribution < 1.29 is 19.4 Å². The Hall–Kier alpha value is -0.340. The number of unbranched alkanes of at least 4 members (excludes halogenated alkanes) is 15. The van der Waals surface area contributed by atoms with Crippen molar-refractivity contribution in [3.05, 3.63) is 0 Å². The summed E-state index contributed by atoms with van der Waals surface area (Å²) in [5.74, 6) is -0.891. The van der Waals surface area contributed by atoms with Gasteiger partial charge in [0.05, 0.1) is 0 Å². The predicted octanol–water partition coefficient (Wildman–Crippen LogP) is 7.38. The lowest BCUT2D eigenvalue weighted by molar-refractivity contribution is -0.137. The molecule has 5 heteroatoms. The molecule has 0 heterocycles. The maximum absolute atomic E-state index is 11.9. The average Bonchev–Trinajstić information content (AvgIpc) is 2.60. The molecule has 27 heavy (non-hydrogen) atoms. The van der Waals surface area contributed by atoms with Crippen molar-refractivity contribution in [1.82, 2.24) is 0 Å². The molecule has 0 radical (unpaired) electrons. The van der Waals surface area contributed by atoms with Gasteiger partial charge < -0.3 is 10.00 Å². The minimum atomic E-state index is -3.10. The van der Waals surface area contributed by atoms with Crippen LogP contribution in [-0.2, 0) is 9.36 Å². The Kier molecular flexibility index (Phi) is 18.8. The summed E-state index contributed by atoms with van der Waals surface area (Å²) in [6, 6.07) is 0. The highest BCUT2D eigenvalue weighted by molar-refractivity contribution is 7.57. The van der Waals surface area contributed by atoms with E-state index in [9.17, 15) is 14.3 Å². The number of aliphatic carboxylic acids is 1. The van der Waals surface area contributed by atoms with Gasteiger partial charge in [0.1, 0.15) is 0 Å². The van der Waals surface area contributed by atoms with E-state index in [0.717, 1.165) is 19.3 Å². The summed E-state index contributed by atoms with van der Waals surface area (Å²) < 4.78 is 11.9. The van der Waals surface area contributed by atoms with Crippen LogP contribution >= 0.6 is 7.37 Å². The lowest BCUT2D eigenvalue weighted by atomic mass is 10.0. The van der Waals surface area contributed by atoms with Crippen LogP contribution in [0.25, 0.3) is 0 Å². The van der Waals surface area contributed by atoms with Crippen LogP contribution in [0.4, 0.5) is 0 Å². The summed E-state index contributed by atoms with van der Waals surface area (Å²) in [7, 11) is -3.10. The van der Waals surface area contributed by atoms with Crippen LogP contribution < -0.4 is 0 Å². The molecule has 0 aromatic rings. The van der Waals surface area contributed by atoms with E-state index in [2.05, 4.69) is 6.92 Å². The van der Waals surface area contributed by atoms with E-state index in [1.807, 2.05) is 0 Å². The molecule has 2 N–H and O–H groups in total. The minimum Gasteiger partial charge on any atom is -0.481 e. The summed E-state index contributed by atoms with van der Waals surface area (Å²) in [4.78, 5) is 20.2. The van der Waals surface area contributed by atoms with Gasteiger partial charge >= 0.3 is 5.97 Å². The van der Waals surface area contributed by atoms with Crippen molar-refractivity contribution in [2.75, 3.05) is 12.3 Å². The normalized spacial score (nSPS) is 13.6. The van der Waals surface area contributed by atoms with Crippen molar-refractivity contribution in [3.8, 4) is 0 Å². The van der Waals surface area contributed by atoms with Gasteiger partial charge in [-0.15, -0.1) is 0 Å². The molecule has 0 aliphatic heterocycles. The monoisotopic (exact) mass is 404 g/mol. The average molecular weight is 405 g/mol. The molecular weight excluding hydrogens is 359 g/mol. The van der Waals surface area contributed by atoms with Crippen molar-refractivity contribution in [2.24, 2.45) is 0 Å². The van der Waals surface area contributed by atoms with Crippen molar-refractivity contribution >= 4 is 13.3 Å². The second kappa shape index (κ2) is 19.0. The second-order valence-corrected chi connectivity index (χ2v) is 10.7. The molecule has 0 rings (SSSR count). The molecule has 0 aromatic heterocycles. The summed E-state index contributed by atoms with van der Waals surface area (Å²) in [6.07, 6.45) is 21.5. The first kappa shape index (κ1) is 26.7. The van der Waals surface area contributed by atoms with Gasteiger partial charge in [-0.25, -0.2) is 0 Å². The van der Waals surface area contributed by atoms with E-state index in [1.54, 1.807) is 0 Å². The summed E-state index contributed by atoms with van der Waals surface area (Å²) in [5.41, 5.74) is 0. The third-order valence-electron chi connectivity index (χ3n) is 5.26. The van der Waals surface area contributed by atoms with E-state index in [-0.39, 0.29) is 12.6 Å². The van der Waals surface area contributed by atoms with Gasteiger partial charge in [0.2, 0.25) is 7.37 Å². The molecule has 0 aromatic carbocycles. The molecule has 0 fully saturated rings. The fourth-order valence-corrected chi connectivity index (χ4v) is 5.09. The standard InChI is InChI=1S/C22H45O4P/c1-2-3-4-5-6-7-8-9-10-11-12-13-14-15-16-17-20-27(25,26)21-18-19-22(23)24/h2-21H2,1H3,(H,23,24)(H,25,26). The molecule has 0 saturated carbocycles. The van der Waals surface area contributed by atoms with Crippen LogP contribution in [0.5, 0.6) is 0 Å². The molecule has 0 aliphatic rings. The summed E-state index contributed by atoms with van der Waals surface area (Å²) in [6.45, 7) is 2.26. The first-order valence-corrected chi connectivity index (χ1v) is 13.5. The Bertz CT molecular complexity index is 385. The van der Waals surface area contributed by atoms with Gasteiger partial charge in [-0.1, -0.05) is 103 Å². The van der Waals surface area contributed by atoms with Crippen LogP contribution in [0, 0.1) is 0 Å². The van der Waals surface area contributed by atoms with Gasteiger partial charge in [0, 0.05) is 18.7 Å². The maximum atomic E-state index is 11.9. The lowest BCUT2D eigenvalue weighted by Crippen LogP contribution is -2.00. The lowest BCUT2D eigenvalue weighted by Gasteiger charge is -2.10. The van der Waals surface area contributed by atoms with Crippen molar-refractivity contribution in [3.63, 3.8) is 0 Å². The fourth-order valence-electron chi connectivity index (χ4n) is 3.50. The first-order chi connectivity index (χ1) is 13.0. The fraction of sp³-hybridized carbons (Fsp3) is 0.955. The van der Waals surface area contributed by atoms with Crippen LogP contribution in [0.15, 0.2) is 0 Å². The van der Waals surface area contributed by atoms with Crippen LogP contribution in [0.3, 0.4) is 0 Å². The smallest absolute Gasteiger partial charge is 0.303 e. The maximum Gasteiger partial charge on any atom is 0.303 e. The van der Waals surface area contributed by atoms with E-state index in [4.69, 9.17) is 5.11 Å². The molecule has 1 atom stereocenters. The highest BCUT2D eigenvalue weighted by Crippen LogP contribution is 2.42. The Labute approximate surface area is 168 Å². The zero-order chi connectivity index (χ0) is 20.2. The van der Waals surface area contributed by atoms with Crippen LogP contribution in [0.2, 0.25) is 0 Å². The zero-order valence-electron chi connectivity index (χ0n) is 17.8. The number of hydrogen-bond donors (Lipinski definition) is 2. The first-order valence-electron chi connectivity index (χ1n) is 11.5. The van der Waals surface area contributed by atoms with E-state index < -0.39 is 13.3 Å². The predicted molar refractivity (Wildman–Crippen MR) is 116 cm³/mol. The molecule has 0 saturated heterocycles. The van der Waals surface area contributed by atoms with Crippen molar-refractivity contribution in [1.29, 1.82) is 0 Å². The van der Waals surface area contributed by atoms with E-state index >= 15 is 0 Å². The highest BCUT2D eigenvalue weighted by atomic mass is 31.2. The molecule has 0 amide bonds. The molecule has 0 bridgehead atoms. The van der Waals surface area contributed by atoms with Crippen molar-refractivity contribution in [2.45, 2.75) is 122 Å². The molecule has 0 spiro atoms. The largest absolute Gasteiger partial charge is 0.481 e. The molecule has 1 unspecified atom stereocenters. The number of rotatable bonds is 21. The minimum absolute atomic E-state index is 0.0104. The Morgan fingerprint density at radius 3 is 1.33 bits per heavy atom. The topological polar surface area (TPSA) is 74.6 Å². The SMILES string of the molecule is CCCCCCCCCCCCCCCCCCP(=O)(O)CCCC(=O)O. The van der Waals surface area contributed by atoms with Gasteiger partial charge in [0.25, 0.3) is 0 Å². The molecule has 0 aliphatic carbocycles. The van der Waals surface area contributed by atoms with Gasteiger partial charge in [-0.05, 0) is 12.8 Å². The third-order valence-corrected chi connectivity index (χ3v) is 7.29. The Morgan fingerprint density at radius 1 is 0.630 bits per heavy atom. The van der Waals surface area contributed by atoms with Gasteiger partial charge in [-0.3, -0.25) is 9.36 Å². The number of carboxylic acid groups (broad SMARTS) is 1. The van der Waals surface area contributed by atoms with E-state index in [1.165, 1.54) is 83.5 Å². The summed E-state index contributed by atoms with van der Waals surface area (Å²) in [5, 5.41) is 8.56. The highest BCUT2D eigenvalue weighted by Gasteiger charge is 2.17. The summed E-state index contributed by atoms with van der Waals surface area (Å²) >= 11 is 0. The number of hydrogen-bond acceptors (Lipinski definition) is 2. The van der Waals surface area contributed by atoms with E-state index in [0.29, 0.717) is 12.6 Å². The molecular formula is C22H45O4P. The van der Waals surface area contributed by atoms with Gasteiger partial charge in [-0.2, -0.15) is 0 Å². The number of carboxylic acids is 1. The Balaban J connectivity index is 3.24. The third kappa shape index (κ3) is 21.8. The molecule has 162 valence electrons. The quantitative estimate of drug-likeness (QED) is 0.154. The number of carbonyl (C=O) groups is 1. The van der Waals surface area contributed by atoms with Crippen LogP contribution in [-0.4, -0.2) is 28.3 Å². The zero-order valence-corrected chi connectivity index (χ0v) is 18.7. The second-order valence-electron chi connectivity index (χ2n) is 8.09.